The number of rotatable bonds is 8. The number of hydrogen-bond donors (Lipinski definition) is 2. The van der Waals surface area contributed by atoms with E-state index in [0.717, 1.165) is 11.3 Å². The highest BCUT2D eigenvalue weighted by molar-refractivity contribution is 7.89. The summed E-state index contributed by atoms with van der Waals surface area (Å²) in [6.45, 7) is 0.501. The number of ether oxygens (including phenoxy) is 3. The van der Waals surface area contributed by atoms with Crippen molar-refractivity contribution in [3.8, 4) is 17.2 Å². The molecule has 2 aromatic carbocycles. The smallest absolute Gasteiger partial charge is 0.240 e. The quantitative estimate of drug-likeness (QED) is 0.677. The Balaban J connectivity index is 1.56. The van der Waals surface area contributed by atoms with E-state index in [2.05, 4.69) is 10.0 Å². The van der Waals surface area contributed by atoms with Crippen molar-refractivity contribution in [2.45, 2.75) is 23.8 Å². The number of amides is 1. The van der Waals surface area contributed by atoms with Crippen molar-refractivity contribution in [3.05, 3.63) is 48.0 Å². The van der Waals surface area contributed by atoms with Crippen molar-refractivity contribution in [2.24, 2.45) is 0 Å². The highest BCUT2D eigenvalue weighted by Crippen LogP contribution is 2.31. The van der Waals surface area contributed by atoms with Gasteiger partial charge >= 0.3 is 0 Å². The first-order valence-electron chi connectivity index (χ1n) is 9.17. The van der Waals surface area contributed by atoms with E-state index < -0.39 is 10.0 Å². The number of para-hydroxylation sites is 1. The van der Waals surface area contributed by atoms with E-state index in [0.29, 0.717) is 24.5 Å². The van der Waals surface area contributed by atoms with E-state index in [9.17, 15) is 13.2 Å². The normalized spacial score (nSPS) is 15.7. The van der Waals surface area contributed by atoms with Gasteiger partial charge in [0, 0.05) is 31.0 Å². The zero-order valence-electron chi connectivity index (χ0n) is 16.3. The van der Waals surface area contributed by atoms with Crippen LogP contribution in [0.15, 0.2) is 47.4 Å². The third-order valence-corrected chi connectivity index (χ3v) is 6.06. The first-order chi connectivity index (χ1) is 13.9. The minimum absolute atomic E-state index is 0.0199. The monoisotopic (exact) mass is 420 g/mol. The molecule has 1 amide bonds. The van der Waals surface area contributed by atoms with Gasteiger partial charge in [0.15, 0.2) is 11.5 Å². The summed E-state index contributed by atoms with van der Waals surface area (Å²) in [6.07, 6.45) is 0.687. The van der Waals surface area contributed by atoms with Gasteiger partial charge in [-0.25, -0.2) is 13.1 Å². The molecule has 2 N–H and O–H groups in total. The Morgan fingerprint density at radius 1 is 1.14 bits per heavy atom. The van der Waals surface area contributed by atoms with Gasteiger partial charge in [-0.2, -0.15) is 0 Å². The molecule has 0 unspecified atom stereocenters. The van der Waals surface area contributed by atoms with Gasteiger partial charge in [-0.1, -0.05) is 18.2 Å². The molecule has 156 valence electrons. The number of fused-ring (bicyclic) bond motifs is 1. The van der Waals surface area contributed by atoms with Crippen molar-refractivity contribution in [1.29, 1.82) is 0 Å². The Kier molecular flexibility index (Phi) is 6.60. The first kappa shape index (κ1) is 20.9. The molecule has 2 aromatic rings. The molecule has 0 saturated heterocycles. The number of nitrogens with one attached hydrogen (secondary N) is 2. The van der Waals surface area contributed by atoms with Crippen LogP contribution in [-0.4, -0.2) is 41.7 Å². The topological polar surface area (TPSA) is 103 Å². The van der Waals surface area contributed by atoms with E-state index in [4.69, 9.17) is 14.2 Å². The average molecular weight is 420 g/mol. The molecule has 1 aliphatic rings. The third kappa shape index (κ3) is 4.99. The molecule has 0 bridgehead atoms. The van der Waals surface area contributed by atoms with Crippen LogP contribution in [0.1, 0.15) is 24.4 Å². The molecular weight excluding hydrogens is 396 g/mol. The molecule has 0 saturated carbocycles. The maximum atomic E-state index is 12.5. The summed E-state index contributed by atoms with van der Waals surface area (Å²) in [5.41, 5.74) is 0.929. The first-order valence-corrected chi connectivity index (χ1v) is 10.7. The van der Waals surface area contributed by atoms with E-state index >= 15 is 0 Å². The molecule has 3 rings (SSSR count). The summed E-state index contributed by atoms with van der Waals surface area (Å²) in [7, 11) is -0.878. The number of sulfonamides is 1. The number of benzene rings is 2. The summed E-state index contributed by atoms with van der Waals surface area (Å²) in [5, 5.41) is 2.94. The summed E-state index contributed by atoms with van der Waals surface area (Å²) >= 11 is 0. The molecule has 0 aliphatic carbocycles. The maximum Gasteiger partial charge on any atom is 0.240 e. The molecule has 1 aliphatic heterocycles. The van der Waals surface area contributed by atoms with Crippen LogP contribution >= 0.6 is 0 Å². The van der Waals surface area contributed by atoms with Crippen molar-refractivity contribution >= 4 is 15.9 Å². The highest BCUT2D eigenvalue weighted by atomic mass is 32.2. The van der Waals surface area contributed by atoms with E-state index in [-0.39, 0.29) is 29.8 Å². The van der Waals surface area contributed by atoms with Crippen LogP contribution in [0.4, 0.5) is 0 Å². The minimum Gasteiger partial charge on any atom is -0.493 e. The SMILES string of the molecule is COc1ccc(S(=O)(=O)NCCC(=O)N[C@H]2CCOc3ccccc32)cc1OC. The Bertz CT molecular complexity index is 977. The summed E-state index contributed by atoms with van der Waals surface area (Å²) in [6, 6.07) is 11.7. The molecule has 0 fully saturated rings. The van der Waals surface area contributed by atoms with Crippen LogP contribution in [0.3, 0.4) is 0 Å². The second-order valence-corrected chi connectivity index (χ2v) is 8.23. The fourth-order valence-electron chi connectivity index (χ4n) is 3.12. The number of hydrogen-bond acceptors (Lipinski definition) is 6. The van der Waals surface area contributed by atoms with Gasteiger partial charge in [0.05, 0.1) is 31.8 Å². The van der Waals surface area contributed by atoms with Gasteiger partial charge in [-0.15, -0.1) is 0 Å². The standard InChI is InChI=1S/C20H24N2O6S/c1-26-18-8-7-14(13-19(18)27-2)29(24,25)21-11-9-20(23)22-16-10-12-28-17-6-4-3-5-15(16)17/h3-8,13,16,21H,9-12H2,1-2H3,(H,22,23)/t16-/m0/s1. The van der Waals surface area contributed by atoms with Crippen molar-refractivity contribution in [2.75, 3.05) is 27.4 Å². The van der Waals surface area contributed by atoms with Gasteiger partial charge in [-0.05, 0) is 18.2 Å². The number of carbonyl (C=O) groups excluding carboxylic acids is 1. The van der Waals surface area contributed by atoms with Crippen molar-refractivity contribution in [1.82, 2.24) is 10.0 Å². The minimum atomic E-state index is -3.78. The average Bonchev–Trinajstić information content (AvgIpc) is 2.73. The molecule has 0 spiro atoms. The molecule has 29 heavy (non-hydrogen) atoms. The van der Waals surface area contributed by atoms with Crippen molar-refractivity contribution in [3.63, 3.8) is 0 Å². The molecule has 1 atom stereocenters. The number of carbonyl (C=O) groups is 1. The Morgan fingerprint density at radius 2 is 1.90 bits per heavy atom. The van der Waals surface area contributed by atoms with Crippen LogP contribution in [0.25, 0.3) is 0 Å². The van der Waals surface area contributed by atoms with Gasteiger partial charge in [-0.3, -0.25) is 4.79 Å². The molecule has 1 heterocycles. The molecule has 0 aromatic heterocycles. The molecule has 9 heteroatoms. The van der Waals surface area contributed by atoms with Crippen molar-refractivity contribution < 1.29 is 27.4 Å². The second-order valence-electron chi connectivity index (χ2n) is 6.46. The van der Waals surface area contributed by atoms with Gasteiger partial charge in [0.25, 0.3) is 0 Å². The largest absolute Gasteiger partial charge is 0.493 e. The molecular formula is C20H24N2O6S. The van der Waals surface area contributed by atoms with Crippen LogP contribution in [0, 0.1) is 0 Å². The van der Waals surface area contributed by atoms with E-state index in [1.807, 2.05) is 24.3 Å². The Labute approximate surface area is 170 Å². The Morgan fingerprint density at radius 3 is 2.66 bits per heavy atom. The second kappa shape index (κ2) is 9.15. The molecule has 8 nitrogen and oxygen atoms in total. The van der Waals surface area contributed by atoms with Gasteiger partial charge in [0.2, 0.25) is 15.9 Å². The Hall–Kier alpha value is -2.78. The van der Waals surface area contributed by atoms with Crippen LogP contribution in [0.2, 0.25) is 0 Å². The fraction of sp³-hybridized carbons (Fsp3) is 0.350. The highest BCUT2D eigenvalue weighted by Gasteiger charge is 2.23. The lowest BCUT2D eigenvalue weighted by atomic mass is 10.0. The predicted octanol–water partition coefficient (Wildman–Crippen LogP) is 2.01. The lowest BCUT2D eigenvalue weighted by molar-refractivity contribution is -0.121. The third-order valence-electron chi connectivity index (χ3n) is 4.60. The van der Waals surface area contributed by atoms with Crippen LogP contribution in [-0.2, 0) is 14.8 Å². The predicted molar refractivity (Wildman–Crippen MR) is 107 cm³/mol. The van der Waals surface area contributed by atoms with E-state index in [1.54, 1.807) is 0 Å². The summed E-state index contributed by atoms with van der Waals surface area (Å²) in [5.74, 6) is 1.27. The fourth-order valence-corrected chi connectivity index (χ4v) is 4.17. The van der Waals surface area contributed by atoms with Gasteiger partial charge < -0.3 is 19.5 Å². The van der Waals surface area contributed by atoms with Gasteiger partial charge in [0.1, 0.15) is 5.75 Å². The lowest BCUT2D eigenvalue weighted by Gasteiger charge is -2.26. The van der Waals surface area contributed by atoms with E-state index in [1.165, 1.54) is 32.4 Å². The molecule has 0 radical (unpaired) electrons. The van der Waals surface area contributed by atoms with Crippen LogP contribution in [0.5, 0.6) is 17.2 Å². The summed E-state index contributed by atoms with van der Waals surface area (Å²) < 4.78 is 43.2. The zero-order valence-corrected chi connectivity index (χ0v) is 17.1. The zero-order chi connectivity index (χ0) is 20.9. The maximum absolute atomic E-state index is 12.5. The summed E-state index contributed by atoms with van der Waals surface area (Å²) in [4.78, 5) is 12.3. The van der Waals surface area contributed by atoms with Crippen LogP contribution < -0.4 is 24.2 Å². The number of methoxy groups -OCH3 is 2. The lowest BCUT2D eigenvalue weighted by Crippen LogP contribution is -2.35.